The van der Waals surface area contributed by atoms with E-state index in [2.05, 4.69) is 0 Å². The molecule has 14 heavy (non-hydrogen) atoms. The molecule has 1 aromatic carbocycles. The van der Waals surface area contributed by atoms with Crippen LogP contribution in [0.2, 0.25) is 5.02 Å². The molecule has 1 atom stereocenters. The molecule has 0 radical (unpaired) electrons. The molecule has 1 nitrogen and oxygen atoms in total. The lowest BCUT2D eigenvalue weighted by Gasteiger charge is -2.08. The normalized spacial score (nSPS) is 18.1. The van der Waals surface area contributed by atoms with E-state index in [9.17, 15) is 5.11 Å². The van der Waals surface area contributed by atoms with Crippen molar-refractivity contribution in [2.45, 2.75) is 23.8 Å². The molecule has 0 spiro atoms. The Morgan fingerprint density at radius 3 is 2.57 bits per heavy atom. The number of aliphatic hydroxyl groups is 1. The maximum absolute atomic E-state index is 9.66. The SMILES string of the molecule is OC(CSc1ccc(Cl)cc1)C1CC1. The number of thioether (sulfide) groups is 1. The molecule has 1 aromatic rings. The third-order valence-electron chi connectivity index (χ3n) is 2.40. The fraction of sp³-hybridized carbons (Fsp3) is 0.455. The standard InChI is InChI=1S/C11H13ClOS/c12-9-3-5-10(6-4-9)14-7-11(13)8-1-2-8/h3-6,8,11,13H,1-2,7H2. The van der Waals surface area contributed by atoms with Crippen molar-refractivity contribution in [2.75, 3.05) is 5.75 Å². The van der Waals surface area contributed by atoms with Gasteiger partial charge in [-0.3, -0.25) is 0 Å². The van der Waals surface area contributed by atoms with E-state index in [-0.39, 0.29) is 6.10 Å². The number of halogens is 1. The third-order valence-corrected chi connectivity index (χ3v) is 3.77. The number of rotatable bonds is 4. The summed E-state index contributed by atoms with van der Waals surface area (Å²) in [5.74, 6) is 1.36. The highest BCUT2D eigenvalue weighted by molar-refractivity contribution is 7.99. The summed E-state index contributed by atoms with van der Waals surface area (Å²) in [5.41, 5.74) is 0. The maximum atomic E-state index is 9.66. The van der Waals surface area contributed by atoms with Crippen molar-refractivity contribution in [1.29, 1.82) is 0 Å². The van der Waals surface area contributed by atoms with E-state index in [1.807, 2.05) is 24.3 Å². The van der Waals surface area contributed by atoms with Crippen LogP contribution in [0.4, 0.5) is 0 Å². The first-order chi connectivity index (χ1) is 6.75. The molecular formula is C11H13ClOS. The van der Waals surface area contributed by atoms with Crippen LogP contribution < -0.4 is 0 Å². The zero-order valence-electron chi connectivity index (χ0n) is 7.82. The van der Waals surface area contributed by atoms with Crippen LogP contribution in [0.25, 0.3) is 0 Å². The van der Waals surface area contributed by atoms with E-state index >= 15 is 0 Å². The van der Waals surface area contributed by atoms with Gasteiger partial charge in [-0.2, -0.15) is 0 Å². The summed E-state index contributed by atoms with van der Waals surface area (Å²) in [6.07, 6.45) is 2.26. The van der Waals surface area contributed by atoms with Crippen molar-refractivity contribution in [3.8, 4) is 0 Å². The van der Waals surface area contributed by atoms with Gasteiger partial charge in [0.2, 0.25) is 0 Å². The van der Waals surface area contributed by atoms with E-state index in [1.54, 1.807) is 11.8 Å². The van der Waals surface area contributed by atoms with E-state index < -0.39 is 0 Å². The molecule has 0 aliphatic heterocycles. The van der Waals surface area contributed by atoms with Gasteiger partial charge in [-0.15, -0.1) is 11.8 Å². The van der Waals surface area contributed by atoms with Gasteiger partial charge in [-0.1, -0.05) is 11.6 Å². The minimum absolute atomic E-state index is 0.129. The van der Waals surface area contributed by atoms with Gasteiger partial charge in [0.05, 0.1) is 6.10 Å². The fourth-order valence-electron chi connectivity index (χ4n) is 1.33. The van der Waals surface area contributed by atoms with E-state index in [4.69, 9.17) is 11.6 Å². The van der Waals surface area contributed by atoms with Crippen molar-refractivity contribution in [3.05, 3.63) is 29.3 Å². The first-order valence-electron chi connectivity index (χ1n) is 4.82. The van der Waals surface area contributed by atoms with Gasteiger partial charge in [0.15, 0.2) is 0 Å². The molecule has 1 aliphatic carbocycles. The predicted molar refractivity (Wildman–Crippen MR) is 60.9 cm³/mol. The average Bonchev–Trinajstić information content (AvgIpc) is 3.00. The van der Waals surface area contributed by atoms with Crippen LogP contribution in [-0.2, 0) is 0 Å². The highest BCUT2D eigenvalue weighted by Gasteiger charge is 2.29. The summed E-state index contributed by atoms with van der Waals surface area (Å²) in [5, 5.41) is 10.4. The Balaban J connectivity index is 1.82. The molecule has 1 N–H and O–H groups in total. The molecule has 3 heteroatoms. The summed E-state index contributed by atoms with van der Waals surface area (Å²) in [6.45, 7) is 0. The number of aliphatic hydroxyl groups excluding tert-OH is 1. The average molecular weight is 229 g/mol. The van der Waals surface area contributed by atoms with Crippen LogP contribution in [0.3, 0.4) is 0 Å². The Hall–Kier alpha value is -0.180. The Kier molecular flexibility index (Phi) is 3.37. The summed E-state index contributed by atoms with van der Waals surface area (Å²) < 4.78 is 0. The number of hydrogen-bond donors (Lipinski definition) is 1. The van der Waals surface area contributed by atoms with Gasteiger partial charge in [-0.05, 0) is 43.0 Å². The zero-order chi connectivity index (χ0) is 9.97. The van der Waals surface area contributed by atoms with Gasteiger partial charge in [-0.25, -0.2) is 0 Å². The lowest BCUT2D eigenvalue weighted by atomic mass is 10.3. The monoisotopic (exact) mass is 228 g/mol. The number of hydrogen-bond acceptors (Lipinski definition) is 2. The van der Waals surface area contributed by atoms with Crippen LogP contribution in [0.15, 0.2) is 29.2 Å². The molecule has 1 saturated carbocycles. The molecule has 1 aliphatic rings. The highest BCUT2D eigenvalue weighted by Crippen LogP contribution is 2.35. The van der Waals surface area contributed by atoms with Crippen LogP contribution >= 0.6 is 23.4 Å². The minimum atomic E-state index is -0.129. The summed E-state index contributed by atoms with van der Waals surface area (Å²) in [4.78, 5) is 1.18. The second-order valence-electron chi connectivity index (χ2n) is 3.67. The van der Waals surface area contributed by atoms with Crippen LogP contribution in [-0.4, -0.2) is 17.0 Å². The third kappa shape index (κ3) is 2.91. The van der Waals surface area contributed by atoms with Crippen molar-refractivity contribution in [3.63, 3.8) is 0 Å². The molecule has 0 aromatic heterocycles. The van der Waals surface area contributed by atoms with Crippen LogP contribution in [0, 0.1) is 5.92 Å². The predicted octanol–water partition coefficient (Wildman–Crippen LogP) is 3.20. The molecular weight excluding hydrogens is 216 g/mol. The van der Waals surface area contributed by atoms with Crippen molar-refractivity contribution < 1.29 is 5.11 Å². The van der Waals surface area contributed by atoms with E-state index in [0.717, 1.165) is 10.8 Å². The maximum Gasteiger partial charge on any atom is 0.0662 e. The molecule has 0 saturated heterocycles. The molecule has 76 valence electrons. The molecule has 0 bridgehead atoms. The first kappa shape index (κ1) is 10.3. The summed E-state index contributed by atoms with van der Waals surface area (Å²) in [6, 6.07) is 7.75. The van der Waals surface area contributed by atoms with Crippen LogP contribution in [0.1, 0.15) is 12.8 Å². The fourth-order valence-corrected chi connectivity index (χ4v) is 2.42. The van der Waals surface area contributed by atoms with Gasteiger partial charge >= 0.3 is 0 Å². The lowest BCUT2D eigenvalue weighted by Crippen LogP contribution is -2.11. The van der Waals surface area contributed by atoms with Gasteiger partial charge in [0, 0.05) is 15.7 Å². The second kappa shape index (κ2) is 4.56. The van der Waals surface area contributed by atoms with Gasteiger partial charge < -0.3 is 5.11 Å². The molecule has 0 amide bonds. The first-order valence-corrected chi connectivity index (χ1v) is 6.18. The quantitative estimate of drug-likeness (QED) is 0.799. The second-order valence-corrected chi connectivity index (χ2v) is 5.20. The topological polar surface area (TPSA) is 20.2 Å². The van der Waals surface area contributed by atoms with Crippen molar-refractivity contribution in [1.82, 2.24) is 0 Å². The Labute approximate surface area is 93.5 Å². The van der Waals surface area contributed by atoms with E-state index in [0.29, 0.717) is 5.92 Å². The summed E-state index contributed by atoms with van der Waals surface area (Å²) >= 11 is 7.47. The molecule has 2 rings (SSSR count). The van der Waals surface area contributed by atoms with Crippen LogP contribution in [0.5, 0.6) is 0 Å². The van der Waals surface area contributed by atoms with E-state index in [1.165, 1.54) is 17.7 Å². The molecule has 1 fully saturated rings. The zero-order valence-corrected chi connectivity index (χ0v) is 9.39. The van der Waals surface area contributed by atoms with Gasteiger partial charge in [0.25, 0.3) is 0 Å². The number of benzene rings is 1. The van der Waals surface area contributed by atoms with Crippen molar-refractivity contribution in [2.24, 2.45) is 5.92 Å². The lowest BCUT2D eigenvalue weighted by molar-refractivity contribution is 0.176. The Morgan fingerprint density at radius 2 is 2.00 bits per heavy atom. The largest absolute Gasteiger partial charge is 0.392 e. The Morgan fingerprint density at radius 1 is 1.36 bits per heavy atom. The highest BCUT2D eigenvalue weighted by atomic mass is 35.5. The summed E-state index contributed by atoms with van der Waals surface area (Å²) in [7, 11) is 0. The van der Waals surface area contributed by atoms with Crippen molar-refractivity contribution >= 4 is 23.4 Å². The minimum Gasteiger partial charge on any atom is -0.392 e. The smallest absolute Gasteiger partial charge is 0.0662 e. The molecule has 1 unspecified atom stereocenters. The Bertz CT molecular complexity index is 295. The molecule has 0 heterocycles. The van der Waals surface area contributed by atoms with Gasteiger partial charge in [0.1, 0.15) is 0 Å².